The molecule has 0 spiro atoms. The van der Waals surface area contributed by atoms with Crippen molar-refractivity contribution in [3.8, 4) is 0 Å². The lowest BCUT2D eigenvalue weighted by atomic mass is 10.1. The lowest BCUT2D eigenvalue weighted by molar-refractivity contribution is -0.176. The standard InChI is InChI=1S/C10H13FN2O6/c1-17-8-7(15)5(4-18-11)19-9(8)13-3-2-6(14)12-10(13)16/h2-3,5,7-9,15H,4H2,1H3,(H,12,14,16)/t5-,7?,8?,9-/m0/s1. The number of H-pyrrole nitrogens is 1. The number of rotatable bonds is 4. The summed E-state index contributed by atoms with van der Waals surface area (Å²) < 4.78 is 23.3. The molecule has 9 heteroatoms. The molecule has 8 nitrogen and oxygen atoms in total. The van der Waals surface area contributed by atoms with Crippen molar-refractivity contribution in [1.82, 2.24) is 9.55 Å². The lowest BCUT2D eigenvalue weighted by Crippen LogP contribution is -2.38. The molecule has 2 heterocycles. The maximum absolute atomic E-state index is 11.9. The zero-order chi connectivity index (χ0) is 14.0. The molecule has 19 heavy (non-hydrogen) atoms. The molecule has 1 saturated heterocycles. The number of nitrogens with one attached hydrogen (secondary N) is 1. The predicted octanol–water partition coefficient (Wildman–Crippen LogP) is -1.29. The van der Waals surface area contributed by atoms with E-state index in [1.54, 1.807) is 0 Å². The summed E-state index contributed by atoms with van der Waals surface area (Å²) in [5, 5.41) is 9.87. The van der Waals surface area contributed by atoms with Crippen LogP contribution in [0.5, 0.6) is 0 Å². The van der Waals surface area contributed by atoms with Gasteiger partial charge in [0.2, 0.25) is 0 Å². The van der Waals surface area contributed by atoms with E-state index in [1.165, 1.54) is 13.3 Å². The number of aliphatic hydroxyl groups is 1. The smallest absolute Gasteiger partial charge is 0.330 e. The van der Waals surface area contributed by atoms with Gasteiger partial charge in [0.05, 0.1) is 0 Å². The number of aliphatic hydroxyl groups excluding tert-OH is 1. The van der Waals surface area contributed by atoms with E-state index in [0.29, 0.717) is 0 Å². The van der Waals surface area contributed by atoms with E-state index in [4.69, 9.17) is 9.47 Å². The Labute approximate surface area is 106 Å². The number of ether oxygens (including phenoxy) is 2. The van der Waals surface area contributed by atoms with Gasteiger partial charge in [-0.25, -0.2) is 4.79 Å². The van der Waals surface area contributed by atoms with E-state index in [1.807, 2.05) is 0 Å². The Morgan fingerprint density at radius 1 is 1.58 bits per heavy atom. The molecule has 0 bridgehead atoms. The fraction of sp³-hybridized carbons (Fsp3) is 0.600. The highest BCUT2D eigenvalue weighted by atomic mass is 19.3. The number of halogens is 1. The SMILES string of the molecule is COC1C(O)[C@H](COF)O[C@@H]1n1ccc(=O)[nH]c1=O. The van der Waals surface area contributed by atoms with Crippen molar-refractivity contribution in [2.24, 2.45) is 0 Å². The third-order valence-electron chi connectivity index (χ3n) is 2.94. The Bertz CT molecular complexity index is 543. The number of nitrogens with zero attached hydrogens (tertiary/aromatic N) is 1. The third kappa shape index (κ3) is 2.59. The summed E-state index contributed by atoms with van der Waals surface area (Å²) in [5.41, 5.74) is -1.27. The number of hydrogen-bond donors (Lipinski definition) is 2. The average molecular weight is 276 g/mol. The van der Waals surface area contributed by atoms with Crippen LogP contribution in [0.3, 0.4) is 0 Å². The average Bonchev–Trinajstić information content (AvgIpc) is 2.67. The zero-order valence-electron chi connectivity index (χ0n) is 9.98. The molecule has 0 aliphatic carbocycles. The lowest BCUT2D eigenvalue weighted by Gasteiger charge is -2.19. The van der Waals surface area contributed by atoms with Gasteiger partial charge in [0, 0.05) is 19.4 Å². The van der Waals surface area contributed by atoms with E-state index >= 15 is 0 Å². The van der Waals surface area contributed by atoms with Gasteiger partial charge in [0.1, 0.15) is 24.9 Å². The van der Waals surface area contributed by atoms with Crippen molar-refractivity contribution in [1.29, 1.82) is 0 Å². The molecule has 4 atom stereocenters. The molecule has 2 unspecified atom stereocenters. The van der Waals surface area contributed by atoms with Crippen LogP contribution in [0.2, 0.25) is 0 Å². The summed E-state index contributed by atoms with van der Waals surface area (Å²) >= 11 is 0. The molecule has 1 aliphatic rings. The number of methoxy groups -OCH3 is 1. The second-order valence-electron chi connectivity index (χ2n) is 4.05. The Hall–Kier alpha value is -1.55. The van der Waals surface area contributed by atoms with Crippen molar-refractivity contribution in [3.63, 3.8) is 0 Å². The highest BCUT2D eigenvalue weighted by Gasteiger charge is 2.45. The van der Waals surface area contributed by atoms with Gasteiger partial charge < -0.3 is 14.6 Å². The molecule has 0 aromatic carbocycles. The first-order valence-electron chi connectivity index (χ1n) is 5.50. The molecule has 1 aromatic rings. The first kappa shape index (κ1) is 13.9. The van der Waals surface area contributed by atoms with E-state index in [0.717, 1.165) is 10.6 Å². The summed E-state index contributed by atoms with van der Waals surface area (Å²) in [5.74, 6) is 0. The molecule has 1 aliphatic heterocycles. The molecule has 1 fully saturated rings. The first-order valence-corrected chi connectivity index (χ1v) is 5.50. The minimum absolute atomic E-state index is 0.490. The highest BCUT2D eigenvalue weighted by Crippen LogP contribution is 2.30. The van der Waals surface area contributed by atoms with Crippen LogP contribution >= 0.6 is 0 Å². The zero-order valence-corrected chi connectivity index (χ0v) is 9.98. The second-order valence-corrected chi connectivity index (χ2v) is 4.05. The van der Waals surface area contributed by atoms with E-state index in [2.05, 4.69) is 9.93 Å². The van der Waals surface area contributed by atoms with Gasteiger partial charge in [0.15, 0.2) is 6.23 Å². The third-order valence-corrected chi connectivity index (χ3v) is 2.94. The minimum Gasteiger partial charge on any atom is -0.387 e. The van der Waals surface area contributed by atoms with E-state index in [9.17, 15) is 19.2 Å². The maximum Gasteiger partial charge on any atom is 0.330 e. The molecule has 106 valence electrons. The molecule has 0 amide bonds. The van der Waals surface area contributed by atoms with Crippen molar-refractivity contribution >= 4 is 0 Å². The van der Waals surface area contributed by atoms with E-state index < -0.39 is 42.4 Å². The van der Waals surface area contributed by atoms with Gasteiger partial charge in [-0.3, -0.25) is 14.3 Å². The van der Waals surface area contributed by atoms with Gasteiger partial charge in [-0.2, -0.15) is 4.94 Å². The highest BCUT2D eigenvalue weighted by molar-refractivity contribution is 4.93. The van der Waals surface area contributed by atoms with Gasteiger partial charge in [-0.1, -0.05) is 0 Å². The summed E-state index contributed by atoms with van der Waals surface area (Å²) in [6.07, 6.45) is -2.79. The maximum atomic E-state index is 11.9. The van der Waals surface area contributed by atoms with Crippen LogP contribution in [0, 0.1) is 0 Å². The van der Waals surface area contributed by atoms with Crippen LogP contribution < -0.4 is 11.2 Å². The molecule has 2 rings (SSSR count). The number of aromatic nitrogens is 2. The quantitative estimate of drug-likeness (QED) is 0.709. The largest absolute Gasteiger partial charge is 0.387 e. The van der Waals surface area contributed by atoms with Gasteiger partial charge in [0.25, 0.3) is 5.56 Å². The normalized spacial score (nSPS) is 30.7. The van der Waals surface area contributed by atoms with Crippen LogP contribution in [-0.2, 0) is 14.4 Å². The van der Waals surface area contributed by atoms with Crippen LogP contribution in [0.4, 0.5) is 4.53 Å². The van der Waals surface area contributed by atoms with Crippen molar-refractivity contribution in [3.05, 3.63) is 33.1 Å². The fourth-order valence-corrected chi connectivity index (χ4v) is 2.02. The summed E-state index contributed by atoms with van der Waals surface area (Å²) in [6.45, 7) is -0.490. The van der Waals surface area contributed by atoms with Gasteiger partial charge in [-0.15, -0.1) is 0 Å². The van der Waals surface area contributed by atoms with E-state index in [-0.39, 0.29) is 0 Å². The summed E-state index contributed by atoms with van der Waals surface area (Å²) in [6, 6.07) is 1.13. The monoisotopic (exact) mass is 276 g/mol. The molecular weight excluding hydrogens is 263 g/mol. The van der Waals surface area contributed by atoms with Crippen LogP contribution in [0.15, 0.2) is 21.9 Å². The van der Waals surface area contributed by atoms with Crippen molar-refractivity contribution in [2.45, 2.75) is 24.5 Å². The van der Waals surface area contributed by atoms with Crippen LogP contribution in [0.1, 0.15) is 6.23 Å². The van der Waals surface area contributed by atoms with Gasteiger partial charge in [-0.05, 0) is 4.53 Å². The molecule has 0 radical (unpaired) electrons. The van der Waals surface area contributed by atoms with Crippen molar-refractivity contribution in [2.75, 3.05) is 13.7 Å². The summed E-state index contributed by atoms with van der Waals surface area (Å²) in [4.78, 5) is 28.1. The molecule has 2 N–H and O–H groups in total. The number of hydrogen-bond acceptors (Lipinski definition) is 6. The minimum atomic E-state index is -1.16. The first-order chi connectivity index (χ1) is 9.08. The van der Waals surface area contributed by atoms with Crippen molar-refractivity contribution < 1.29 is 24.0 Å². The fourth-order valence-electron chi connectivity index (χ4n) is 2.02. The molecule has 0 saturated carbocycles. The topological polar surface area (TPSA) is 103 Å². The Kier molecular flexibility index (Phi) is 4.10. The Balaban J connectivity index is 2.32. The summed E-state index contributed by atoms with van der Waals surface area (Å²) in [7, 11) is 1.32. The second kappa shape index (κ2) is 5.61. The van der Waals surface area contributed by atoms with Gasteiger partial charge >= 0.3 is 5.69 Å². The van der Waals surface area contributed by atoms with Crippen LogP contribution in [0.25, 0.3) is 0 Å². The molecular formula is C10H13FN2O6. The Morgan fingerprint density at radius 2 is 2.32 bits per heavy atom. The predicted molar refractivity (Wildman–Crippen MR) is 59.1 cm³/mol. The molecule has 1 aromatic heterocycles. The Morgan fingerprint density at radius 3 is 2.89 bits per heavy atom. The number of aromatic amines is 1. The van der Waals surface area contributed by atoms with Crippen LogP contribution in [-0.4, -0.2) is 46.7 Å².